The quantitative estimate of drug-likeness (QED) is 0.779. The number of amides is 1. The van der Waals surface area contributed by atoms with Gasteiger partial charge in [0, 0.05) is 25.2 Å². The number of carbonyl (C=O) groups excluding carboxylic acids is 1. The normalized spacial score (nSPS) is 24.9. The molecule has 0 spiro atoms. The van der Waals surface area contributed by atoms with Crippen LogP contribution in [0.1, 0.15) is 42.8 Å². The van der Waals surface area contributed by atoms with Crippen LogP contribution in [0.3, 0.4) is 0 Å². The van der Waals surface area contributed by atoms with Crippen molar-refractivity contribution in [1.29, 1.82) is 0 Å². The number of nitrogen functional groups attached to an aromatic ring is 1. The molecule has 3 rings (SSSR count). The van der Waals surface area contributed by atoms with Gasteiger partial charge in [0.05, 0.1) is 0 Å². The molecule has 2 aliphatic rings. The number of hydrogen-bond donors (Lipinski definition) is 3. The first-order chi connectivity index (χ1) is 9.87. The summed E-state index contributed by atoms with van der Waals surface area (Å²) >= 11 is 1.38. The van der Waals surface area contributed by atoms with Gasteiger partial charge in [0.2, 0.25) is 0 Å². The molecule has 1 saturated heterocycles. The highest BCUT2D eigenvalue weighted by molar-refractivity contribution is 7.18. The Morgan fingerprint density at radius 3 is 2.62 bits per heavy atom. The Morgan fingerprint density at radius 2 is 2.05 bits per heavy atom. The maximum Gasteiger partial charge on any atom is 0.265 e. The molecule has 1 atom stereocenters. The lowest BCUT2D eigenvalue weighted by Gasteiger charge is -2.29. The van der Waals surface area contributed by atoms with E-state index in [0.29, 0.717) is 10.7 Å². The van der Waals surface area contributed by atoms with E-state index in [2.05, 4.69) is 29.0 Å². The van der Waals surface area contributed by atoms with Crippen molar-refractivity contribution >= 4 is 28.2 Å². The van der Waals surface area contributed by atoms with Crippen LogP contribution in [0.25, 0.3) is 0 Å². The lowest BCUT2D eigenvalue weighted by atomic mass is 10.1. The van der Waals surface area contributed by atoms with E-state index >= 15 is 0 Å². The smallest absolute Gasteiger partial charge is 0.265 e. The number of carbonyl (C=O) groups is 1. The standard InChI is InChI=1S/C14H23N5OS/c1-14(2)7-9(14)17-12(20)10-11(16)18-13(21-10)19-5-3-8(15)4-6-19/h8-9H,3-7,15-16H2,1-2H3,(H,17,20). The molecular weight excluding hydrogens is 286 g/mol. The number of piperidine rings is 1. The van der Waals surface area contributed by atoms with Gasteiger partial charge >= 0.3 is 0 Å². The highest BCUT2D eigenvalue weighted by Crippen LogP contribution is 2.45. The van der Waals surface area contributed by atoms with Crippen molar-refractivity contribution in [2.45, 2.75) is 45.2 Å². The van der Waals surface area contributed by atoms with Crippen LogP contribution in [0.15, 0.2) is 0 Å². The Morgan fingerprint density at radius 1 is 1.43 bits per heavy atom. The lowest BCUT2D eigenvalue weighted by molar-refractivity contribution is 0.0951. The zero-order chi connectivity index (χ0) is 15.2. The van der Waals surface area contributed by atoms with Crippen LogP contribution in [-0.4, -0.2) is 36.1 Å². The van der Waals surface area contributed by atoms with Crippen LogP contribution in [0.2, 0.25) is 0 Å². The van der Waals surface area contributed by atoms with E-state index in [1.807, 2.05) is 0 Å². The molecule has 0 aromatic carbocycles. The first-order valence-corrected chi connectivity index (χ1v) is 8.26. The van der Waals surface area contributed by atoms with Gasteiger partial charge in [-0.1, -0.05) is 25.2 Å². The molecule has 1 saturated carbocycles. The zero-order valence-corrected chi connectivity index (χ0v) is 13.4. The molecule has 2 heterocycles. The third-order valence-electron chi connectivity index (χ3n) is 4.48. The molecule has 1 aromatic rings. The molecule has 1 unspecified atom stereocenters. The highest BCUT2D eigenvalue weighted by Gasteiger charge is 2.47. The summed E-state index contributed by atoms with van der Waals surface area (Å²) < 4.78 is 0. The Labute approximate surface area is 128 Å². The Balaban J connectivity index is 1.68. The van der Waals surface area contributed by atoms with E-state index < -0.39 is 0 Å². The minimum atomic E-state index is -0.0967. The summed E-state index contributed by atoms with van der Waals surface area (Å²) in [4.78, 5) is 19.4. The molecule has 21 heavy (non-hydrogen) atoms. The van der Waals surface area contributed by atoms with Crippen molar-refractivity contribution < 1.29 is 4.79 Å². The minimum absolute atomic E-state index is 0.0967. The van der Waals surface area contributed by atoms with Gasteiger partial charge in [-0.25, -0.2) is 4.98 Å². The summed E-state index contributed by atoms with van der Waals surface area (Å²) in [6.45, 7) is 6.06. The van der Waals surface area contributed by atoms with Gasteiger partial charge in [0.1, 0.15) is 10.7 Å². The lowest BCUT2D eigenvalue weighted by Crippen LogP contribution is -2.39. The predicted octanol–water partition coefficient (Wildman–Crippen LogP) is 1.18. The largest absolute Gasteiger partial charge is 0.382 e. The Kier molecular flexibility index (Phi) is 3.57. The van der Waals surface area contributed by atoms with Gasteiger partial charge < -0.3 is 21.7 Å². The number of rotatable bonds is 3. The molecule has 7 heteroatoms. The van der Waals surface area contributed by atoms with E-state index in [1.54, 1.807) is 0 Å². The molecule has 1 aromatic heterocycles. The van der Waals surface area contributed by atoms with Gasteiger partial charge in [-0.15, -0.1) is 0 Å². The van der Waals surface area contributed by atoms with Crippen molar-refractivity contribution in [2.24, 2.45) is 11.1 Å². The van der Waals surface area contributed by atoms with Crippen molar-refractivity contribution in [2.75, 3.05) is 23.7 Å². The van der Waals surface area contributed by atoms with Crippen LogP contribution in [0.5, 0.6) is 0 Å². The maximum absolute atomic E-state index is 12.3. The molecule has 0 radical (unpaired) electrons. The zero-order valence-electron chi connectivity index (χ0n) is 12.6. The molecule has 0 bridgehead atoms. The first-order valence-electron chi connectivity index (χ1n) is 7.44. The summed E-state index contributed by atoms with van der Waals surface area (Å²) in [5.74, 6) is 0.237. The van der Waals surface area contributed by atoms with Crippen LogP contribution in [0.4, 0.5) is 10.9 Å². The summed E-state index contributed by atoms with van der Waals surface area (Å²) in [6.07, 6.45) is 2.93. The monoisotopic (exact) mass is 309 g/mol. The van der Waals surface area contributed by atoms with Crippen molar-refractivity contribution in [3.05, 3.63) is 4.88 Å². The van der Waals surface area contributed by atoms with E-state index in [0.717, 1.165) is 37.5 Å². The van der Waals surface area contributed by atoms with Gasteiger partial charge in [0.15, 0.2) is 5.13 Å². The van der Waals surface area contributed by atoms with Crippen molar-refractivity contribution in [3.8, 4) is 0 Å². The summed E-state index contributed by atoms with van der Waals surface area (Å²) in [5.41, 5.74) is 12.0. The molecular formula is C14H23N5OS. The van der Waals surface area contributed by atoms with Crippen LogP contribution in [0, 0.1) is 5.41 Å². The molecule has 1 aliphatic carbocycles. The third kappa shape index (κ3) is 2.98. The summed E-state index contributed by atoms with van der Waals surface area (Å²) in [6, 6.07) is 0.529. The number of nitrogens with two attached hydrogens (primary N) is 2. The predicted molar refractivity (Wildman–Crippen MR) is 85.6 cm³/mol. The number of nitrogens with zero attached hydrogens (tertiary/aromatic N) is 2. The second-order valence-corrected chi connectivity index (χ2v) is 7.73. The van der Waals surface area contributed by atoms with Gasteiger partial charge in [-0.2, -0.15) is 0 Å². The second kappa shape index (κ2) is 5.14. The number of thiazole rings is 1. The van der Waals surface area contributed by atoms with Gasteiger partial charge in [-0.05, 0) is 24.7 Å². The fraction of sp³-hybridized carbons (Fsp3) is 0.714. The fourth-order valence-corrected chi connectivity index (χ4v) is 3.59. The van der Waals surface area contributed by atoms with Crippen LogP contribution >= 0.6 is 11.3 Å². The van der Waals surface area contributed by atoms with Gasteiger partial charge in [-0.3, -0.25) is 4.79 Å². The van der Waals surface area contributed by atoms with Crippen molar-refractivity contribution in [3.63, 3.8) is 0 Å². The van der Waals surface area contributed by atoms with E-state index in [4.69, 9.17) is 11.5 Å². The maximum atomic E-state index is 12.3. The highest BCUT2D eigenvalue weighted by atomic mass is 32.1. The molecule has 1 amide bonds. The Hall–Kier alpha value is -1.34. The SMILES string of the molecule is CC1(C)CC1NC(=O)c1sc(N2CCC(N)CC2)nc1N. The van der Waals surface area contributed by atoms with E-state index in [9.17, 15) is 4.79 Å². The molecule has 1 aliphatic heterocycles. The number of nitrogens with one attached hydrogen (secondary N) is 1. The van der Waals surface area contributed by atoms with Gasteiger partial charge in [0.25, 0.3) is 5.91 Å². The summed E-state index contributed by atoms with van der Waals surface area (Å²) in [5, 5.41) is 3.87. The fourth-order valence-electron chi connectivity index (χ4n) is 2.65. The average Bonchev–Trinajstić information content (AvgIpc) is 2.83. The van der Waals surface area contributed by atoms with Crippen LogP contribution < -0.4 is 21.7 Å². The summed E-state index contributed by atoms with van der Waals surface area (Å²) in [7, 11) is 0. The molecule has 5 N–H and O–H groups in total. The second-order valence-electron chi connectivity index (χ2n) is 6.75. The molecule has 2 fully saturated rings. The Bertz CT molecular complexity index is 548. The van der Waals surface area contributed by atoms with Crippen molar-refractivity contribution in [1.82, 2.24) is 10.3 Å². The van der Waals surface area contributed by atoms with E-state index in [1.165, 1.54) is 11.3 Å². The average molecular weight is 309 g/mol. The first kappa shape index (κ1) is 14.6. The molecule has 6 nitrogen and oxygen atoms in total. The topological polar surface area (TPSA) is 97.3 Å². The minimum Gasteiger partial charge on any atom is -0.382 e. The number of anilines is 2. The molecule has 116 valence electrons. The number of hydrogen-bond acceptors (Lipinski definition) is 6. The number of aromatic nitrogens is 1. The van der Waals surface area contributed by atoms with Crippen LogP contribution in [-0.2, 0) is 0 Å². The third-order valence-corrected chi connectivity index (χ3v) is 5.61. The van der Waals surface area contributed by atoms with E-state index in [-0.39, 0.29) is 23.4 Å².